The van der Waals surface area contributed by atoms with Gasteiger partial charge in [-0.2, -0.15) is 0 Å². The Morgan fingerprint density at radius 2 is 2.20 bits per heavy atom. The van der Waals surface area contributed by atoms with Crippen LogP contribution in [0.1, 0.15) is 32.6 Å². The highest BCUT2D eigenvalue weighted by molar-refractivity contribution is 5.91. The summed E-state index contributed by atoms with van der Waals surface area (Å²) in [6.07, 6.45) is 1.16. The fraction of sp³-hybridized carbons (Fsp3) is 0.556. The molecule has 82 valence electrons. The van der Waals surface area contributed by atoms with Gasteiger partial charge in [-0.05, 0) is 20.8 Å². The normalized spacial score (nSPS) is 20.5. The quantitative estimate of drug-likeness (QED) is 0.589. The van der Waals surface area contributed by atoms with E-state index >= 15 is 0 Å². The van der Waals surface area contributed by atoms with E-state index < -0.39 is 6.17 Å². The van der Waals surface area contributed by atoms with Gasteiger partial charge in [-0.25, -0.2) is 9.78 Å². The van der Waals surface area contributed by atoms with Crippen molar-refractivity contribution in [1.29, 1.82) is 0 Å². The van der Waals surface area contributed by atoms with Crippen molar-refractivity contribution in [3.63, 3.8) is 0 Å². The van der Waals surface area contributed by atoms with Gasteiger partial charge in [0.1, 0.15) is 17.7 Å². The predicted octanol–water partition coefficient (Wildman–Crippen LogP) is 0.730. The van der Waals surface area contributed by atoms with E-state index in [4.69, 9.17) is 5.73 Å². The van der Waals surface area contributed by atoms with Crippen LogP contribution in [0.4, 0.5) is 10.6 Å². The van der Waals surface area contributed by atoms with Crippen LogP contribution in [0.25, 0.3) is 0 Å². The van der Waals surface area contributed by atoms with Crippen LogP contribution >= 0.6 is 0 Å². The molecule has 0 aliphatic carbocycles. The van der Waals surface area contributed by atoms with Crippen LogP contribution in [0.2, 0.25) is 0 Å². The standard InChI is InChI=1S/C9H15N5O/c1-9(2,3)14-4-11-5-6(10)12-8(15)13-7(5)14/h4,6H,10H2,1-3H3,(H2,12,13,15). The van der Waals surface area contributed by atoms with E-state index in [0.29, 0.717) is 11.5 Å². The van der Waals surface area contributed by atoms with Gasteiger partial charge < -0.3 is 15.6 Å². The first kappa shape index (κ1) is 9.97. The van der Waals surface area contributed by atoms with E-state index in [0.717, 1.165) is 0 Å². The molecule has 0 radical (unpaired) electrons. The summed E-state index contributed by atoms with van der Waals surface area (Å²) in [7, 11) is 0. The number of fused-ring (bicyclic) bond motifs is 1. The van der Waals surface area contributed by atoms with Crippen molar-refractivity contribution in [2.24, 2.45) is 5.73 Å². The van der Waals surface area contributed by atoms with Gasteiger partial charge in [0.15, 0.2) is 0 Å². The SMILES string of the molecule is CC(C)(C)n1cnc2c1NC(=O)NC2N. The van der Waals surface area contributed by atoms with Crippen molar-refractivity contribution in [3.8, 4) is 0 Å². The second-order valence-corrected chi connectivity index (χ2v) is 4.60. The summed E-state index contributed by atoms with van der Waals surface area (Å²) in [5.41, 5.74) is 6.28. The first-order valence-corrected chi connectivity index (χ1v) is 4.80. The largest absolute Gasteiger partial charge is 0.321 e. The van der Waals surface area contributed by atoms with Gasteiger partial charge in [0.25, 0.3) is 0 Å². The molecule has 0 fully saturated rings. The van der Waals surface area contributed by atoms with Crippen LogP contribution in [0, 0.1) is 0 Å². The highest BCUT2D eigenvalue weighted by Gasteiger charge is 2.29. The summed E-state index contributed by atoms with van der Waals surface area (Å²) in [5, 5.41) is 5.27. The van der Waals surface area contributed by atoms with E-state index in [9.17, 15) is 4.79 Å². The number of carbonyl (C=O) groups excluding carboxylic acids is 1. The zero-order valence-corrected chi connectivity index (χ0v) is 9.03. The van der Waals surface area contributed by atoms with Crippen molar-refractivity contribution in [2.45, 2.75) is 32.5 Å². The number of imidazole rings is 1. The molecular formula is C9H15N5O. The number of urea groups is 1. The summed E-state index contributed by atoms with van der Waals surface area (Å²) in [4.78, 5) is 15.5. The molecule has 1 unspecified atom stereocenters. The number of rotatable bonds is 0. The number of nitrogens with zero attached hydrogens (tertiary/aromatic N) is 2. The molecule has 1 aromatic heterocycles. The minimum absolute atomic E-state index is 0.134. The Bertz CT molecular complexity index is 403. The lowest BCUT2D eigenvalue weighted by molar-refractivity contribution is 0.246. The summed E-state index contributed by atoms with van der Waals surface area (Å²) in [5.74, 6) is 0.679. The molecule has 6 heteroatoms. The Morgan fingerprint density at radius 1 is 1.53 bits per heavy atom. The number of hydrogen-bond acceptors (Lipinski definition) is 3. The average Bonchev–Trinajstić information content (AvgIpc) is 2.45. The molecule has 2 rings (SSSR count). The zero-order valence-electron chi connectivity index (χ0n) is 9.03. The minimum atomic E-state index is -0.530. The molecule has 15 heavy (non-hydrogen) atoms. The van der Waals surface area contributed by atoms with Gasteiger partial charge in [0, 0.05) is 5.54 Å². The predicted molar refractivity (Wildman–Crippen MR) is 56.3 cm³/mol. The molecule has 4 N–H and O–H groups in total. The molecule has 1 aromatic rings. The first-order valence-electron chi connectivity index (χ1n) is 4.80. The molecule has 6 nitrogen and oxygen atoms in total. The highest BCUT2D eigenvalue weighted by atomic mass is 16.2. The topological polar surface area (TPSA) is 85.0 Å². The van der Waals surface area contributed by atoms with Crippen LogP contribution in [0.3, 0.4) is 0 Å². The minimum Gasteiger partial charge on any atom is -0.317 e. The molecule has 2 heterocycles. The molecule has 1 atom stereocenters. The lowest BCUT2D eigenvalue weighted by atomic mass is 10.1. The number of nitrogens with two attached hydrogens (primary N) is 1. The van der Waals surface area contributed by atoms with Crippen LogP contribution in [-0.2, 0) is 5.54 Å². The maximum absolute atomic E-state index is 11.3. The van der Waals surface area contributed by atoms with Crippen molar-refractivity contribution in [3.05, 3.63) is 12.0 Å². The molecule has 2 amide bonds. The Balaban J connectivity index is 2.50. The number of aromatic nitrogens is 2. The first-order chi connectivity index (χ1) is 6.89. The third kappa shape index (κ3) is 1.56. The Kier molecular flexibility index (Phi) is 1.97. The maximum atomic E-state index is 11.3. The summed E-state index contributed by atoms with van der Waals surface area (Å²) in [6.45, 7) is 6.11. The van der Waals surface area contributed by atoms with Gasteiger partial charge in [-0.3, -0.25) is 5.32 Å². The number of carbonyl (C=O) groups is 1. The third-order valence-electron chi connectivity index (χ3n) is 2.33. The third-order valence-corrected chi connectivity index (χ3v) is 2.33. The highest BCUT2D eigenvalue weighted by Crippen LogP contribution is 2.28. The van der Waals surface area contributed by atoms with E-state index in [1.807, 2.05) is 25.3 Å². The molecular weight excluding hydrogens is 194 g/mol. The van der Waals surface area contributed by atoms with Gasteiger partial charge in [0.05, 0.1) is 6.33 Å². The van der Waals surface area contributed by atoms with E-state index in [-0.39, 0.29) is 11.6 Å². The maximum Gasteiger partial charge on any atom is 0.321 e. The van der Waals surface area contributed by atoms with Gasteiger partial charge in [0.2, 0.25) is 0 Å². The number of anilines is 1. The van der Waals surface area contributed by atoms with Gasteiger partial charge >= 0.3 is 6.03 Å². The molecule has 1 aliphatic heterocycles. The van der Waals surface area contributed by atoms with Crippen molar-refractivity contribution in [2.75, 3.05) is 5.32 Å². The Morgan fingerprint density at radius 3 is 2.80 bits per heavy atom. The number of nitrogens with one attached hydrogen (secondary N) is 2. The average molecular weight is 209 g/mol. The lowest BCUT2D eigenvalue weighted by Crippen LogP contribution is -2.43. The van der Waals surface area contributed by atoms with Crippen LogP contribution < -0.4 is 16.4 Å². The monoisotopic (exact) mass is 209 g/mol. The zero-order chi connectivity index (χ0) is 11.2. The van der Waals surface area contributed by atoms with E-state index in [1.165, 1.54) is 0 Å². The molecule has 0 saturated carbocycles. The summed E-state index contributed by atoms with van der Waals surface area (Å²) < 4.78 is 1.90. The molecule has 0 saturated heterocycles. The summed E-state index contributed by atoms with van der Waals surface area (Å²) in [6, 6.07) is -0.291. The van der Waals surface area contributed by atoms with Crippen LogP contribution in [-0.4, -0.2) is 15.6 Å². The number of hydrogen-bond donors (Lipinski definition) is 3. The van der Waals surface area contributed by atoms with Crippen LogP contribution in [0.5, 0.6) is 0 Å². The molecule has 0 aromatic carbocycles. The Labute approximate surface area is 87.9 Å². The van der Waals surface area contributed by atoms with Crippen molar-refractivity contribution in [1.82, 2.24) is 14.9 Å². The fourth-order valence-electron chi connectivity index (χ4n) is 1.58. The van der Waals surface area contributed by atoms with Crippen molar-refractivity contribution < 1.29 is 4.79 Å². The van der Waals surface area contributed by atoms with Crippen molar-refractivity contribution >= 4 is 11.8 Å². The van der Waals surface area contributed by atoms with Gasteiger partial charge in [-0.1, -0.05) is 0 Å². The lowest BCUT2D eigenvalue weighted by Gasteiger charge is -2.27. The van der Waals surface area contributed by atoms with Gasteiger partial charge in [-0.15, -0.1) is 0 Å². The fourth-order valence-corrected chi connectivity index (χ4v) is 1.58. The van der Waals surface area contributed by atoms with E-state index in [1.54, 1.807) is 6.33 Å². The molecule has 0 spiro atoms. The second-order valence-electron chi connectivity index (χ2n) is 4.60. The Hall–Kier alpha value is -1.56. The van der Waals surface area contributed by atoms with Crippen LogP contribution in [0.15, 0.2) is 6.33 Å². The smallest absolute Gasteiger partial charge is 0.317 e. The molecule has 1 aliphatic rings. The molecule has 0 bridgehead atoms. The van der Waals surface area contributed by atoms with E-state index in [2.05, 4.69) is 15.6 Å². The second kappa shape index (κ2) is 2.96. The number of amides is 2. The summed E-state index contributed by atoms with van der Waals surface area (Å²) >= 11 is 0.